The van der Waals surface area contributed by atoms with E-state index in [1.165, 1.54) is 31.5 Å². The Kier molecular flexibility index (Phi) is 5.62. The van der Waals surface area contributed by atoms with E-state index in [2.05, 4.69) is 25.8 Å². The van der Waals surface area contributed by atoms with Crippen LogP contribution in [0.25, 0.3) is 0 Å². The van der Waals surface area contributed by atoms with E-state index in [0.717, 1.165) is 12.1 Å². The molecule has 0 aliphatic carbocycles. The molecular formula is C19H16F3N5O2. The Hall–Kier alpha value is -3.69. The van der Waals surface area contributed by atoms with E-state index in [0.29, 0.717) is 11.3 Å². The highest BCUT2D eigenvalue weighted by molar-refractivity contribution is 5.96. The first-order valence-electron chi connectivity index (χ1n) is 8.45. The number of benzene rings is 2. The normalized spacial score (nSPS) is 12.3. The molecule has 0 bridgehead atoms. The average molecular weight is 403 g/mol. The first-order chi connectivity index (χ1) is 13.7. The summed E-state index contributed by atoms with van der Waals surface area (Å²) in [6, 6.07) is 9.16. The van der Waals surface area contributed by atoms with Crippen LogP contribution in [0.5, 0.6) is 0 Å². The number of aromatic nitrogens is 3. The second kappa shape index (κ2) is 8.13. The minimum atomic E-state index is -4.53. The number of H-pyrrole nitrogens is 1. The minimum Gasteiger partial charge on any atom is -0.324 e. The third-order valence-electron chi connectivity index (χ3n) is 4.06. The van der Waals surface area contributed by atoms with Gasteiger partial charge >= 0.3 is 12.2 Å². The van der Waals surface area contributed by atoms with E-state index in [1.54, 1.807) is 18.2 Å². The zero-order chi connectivity index (χ0) is 21.0. The van der Waals surface area contributed by atoms with Crippen LogP contribution in [0.3, 0.4) is 0 Å². The number of ketones is 1. The molecule has 10 heteroatoms. The van der Waals surface area contributed by atoms with Crippen molar-refractivity contribution in [3.8, 4) is 0 Å². The number of nitrogens with zero attached hydrogens (tertiary/aromatic N) is 2. The lowest BCUT2D eigenvalue weighted by molar-refractivity contribution is -0.137. The lowest BCUT2D eigenvalue weighted by Crippen LogP contribution is -2.34. The Morgan fingerprint density at radius 3 is 2.52 bits per heavy atom. The minimum absolute atomic E-state index is 0.164. The lowest BCUT2D eigenvalue weighted by Gasteiger charge is -2.19. The molecule has 0 spiro atoms. The van der Waals surface area contributed by atoms with Crippen LogP contribution in [-0.4, -0.2) is 27.0 Å². The van der Waals surface area contributed by atoms with Crippen molar-refractivity contribution in [3.05, 3.63) is 77.4 Å². The number of nitrogens with one attached hydrogen (secondary N) is 3. The van der Waals surface area contributed by atoms with Gasteiger partial charge in [-0.25, -0.2) is 9.78 Å². The molecule has 150 valence electrons. The number of Topliss-reactive ketones (excluding diaryl/α,β-unsaturated/α-hetero) is 1. The van der Waals surface area contributed by atoms with Crippen LogP contribution in [0.1, 0.15) is 40.3 Å². The van der Waals surface area contributed by atoms with E-state index in [1.807, 2.05) is 0 Å². The van der Waals surface area contributed by atoms with Gasteiger partial charge in [0, 0.05) is 11.3 Å². The van der Waals surface area contributed by atoms with Gasteiger partial charge in [0.1, 0.15) is 12.4 Å². The van der Waals surface area contributed by atoms with Gasteiger partial charge in [0.25, 0.3) is 0 Å². The van der Waals surface area contributed by atoms with Crippen LogP contribution in [0.2, 0.25) is 0 Å². The quantitative estimate of drug-likeness (QED) is 0.562. The predicted molar refractivity (Wildman–Crippen MR) is 98.3 cm³/mol. The van der Waals surface area contributed by atoms with Gasteiger partial charge in [-0.1, -0.05) is 24.3 Å². The molecule has 0 fully saturated rings. The van der Waals surface area contributed by atoms with Crippen molar-refractivity contribution >= 4 is 17.5 Å². The molecule has 2 aromatic carbocycles. The Morgan fingerprint density at radius 2 is 1.86 bits per heavy atom. The topological polar surface area (TPSA) is 99.8 Å². The highest BCUT2D eigenvalue weighted by atomic mass is 19.4. The lowest BCUT2D eigenvalue weighted by atomic mass is 10.0. The maximum atomic E-state index is 13.1. The number of rotatable bonds is 5. The molecule has 29 heavy (non-hydrogen) atoms. The Morgan fingerprint density at radius 1 is 1.10 bits per heavy atom. The summed E-state index contributed by atoms with van der Waals surface area (Å²) in [5, 5.41) is 11.4. The van der Waals surface area contributed by atoms with Gasteiger partial charge < -0.3 is 10.6 Å². The Bertz CT molecular complexity index is 1020. The second-order valence-corrected chi connectivity index (χ2v) is 6.16. The molecule has 1 aromatic heterocycles. The average Bonchev–Trinajstić information content (AvgIpc) is 3.20. The molecule has 0 saturated heterocycles. The smallest absolute Gasteiger partial charge is 0.324 e. The van der Waals surface area contributed by atoms with Crippen molar-refractivity contribution in [1.29, 1.82) is 0 Å². The van der Waals surface area contributed by atoms with Crippen molar-refractivity contribution in [2.24, 2.45) is 0 Å². The van der Waals surface area contributed by atoms with Crippen LogP contribution in [0.4, 0.5) is 23.7 Å². The zero-order valence-corrected chi connectivity index (χ0v) is 15.1. The van der Waals surface area contributed by atoms with Gasteiger partial charge in [-0.15, -0.1) is 0 Å². The molecule has 2 amide bonds. The molecule has 1 heterocycles. The second-order valence-electron chi connectivity index (χ2n) is 6.16. The first kappa shape index (κ1) is 20.1. The van der Waals surface area contributed by atoms with Crippen LogP contribution >= 0.6 is 0 Å². The number of aromatic amines is 1. The largest absolute Gasteiger partial charge is 0.416 e. The summed E-state index contributed by atoms with van der Waals surface area (Å²) in [6.07, 6.45) is -3.34. The molecule has 0 saturated carbocycles. The number of carbonyl (C=O) groups excluding carboxylic acids is 2. The summed E-state index contributed by atoms with van der Waals surface area (Å²) < 4.78 is 39.2. The van der Waals surface area contributed by atoms with Crippen LogP contribution in [-0.2, 0) is 6.18 Å². The molecule has 7 nitrogen and oxygen atoms in total. The van der Waals surface area contributed by atoms with Crippen molar-refractivity contribution in [1.82, 2.24) is 20.5 Å². The maximum Gasteiger partial charge on any atom is 0.416 e. The Labute approximate surface area is 163 Å². The van der Waals surface area contributed by atoms with Crippen molar-refractivity contribution < 1.29 is 22.8 Å². The molecule has 0 unspecified atom stereocenters. The number of hydrogen-bond donors (Lipinski definition) is 3. The van der Waals surface area contributed by atoms with Crippen molar-refractivity contribution in [2.75, 3.05) is 5.32 Å². The predicted octanol–water partition coefficient (Wildman–Crippen LogP) is 3.94. The molecule has 3 rings (SSSR count). The van der Waals surface area contributed by atoms with Crippen molar-refractivity contribution in [2.45, 2.75) is 19.1 Å². The fraction of sp³-hybridized carbons (Fsp3) is 0.158. The summed E-state index contributed by atoms with van der Waals surface area (Å²) in [5.41, 5.74) is 0.0862. The summed E-state index contributed by atoms with van der Waals surface area (Å²) in [6.45, 7) is 1.40. The molecule has 3 aromatic rings. The highest BCUT2D eigenvalue weighted by Gasteiger charge is 2.31. The Balaban J connectivity index is 1.85. The SMILES string of the molecule is CC(=O)c1cccc(NC(=O)N[C@@H](c2cccc(C(F)(F)F)c2)c2ncn[nH]2)c1. The first-order valence-corrected chi connectivity index (χ1v) is 8.45. The zero-order valence-electron chi connectivity index (χ0n) is 15.1. The standard InChI is InChI=1S/C19H16F3N5O2/c1-11(28)12-4-3-7-15(9-12)25-18(29)26-16(17-23-10-24-27-17)13-5-2-6-14(8-13)19(20,21)22/h2-10,16H,1H3,(H,23,24,27)(H2,25,26,29)/t16-/m0/s1. The van der Waals surface area contributed by atoms with Gasteiger partial charge in [-0.2, -0.15) is 18.3 Å². The monoisotopic (exact) mass is 403 g/mol. The number of hydrogen-bond acceptors (Lipinski definition) is 4. The van der Waals surface area contributed by atoms with Crippen LogP contribution < -0.4 is 10.6 Å². The van der Waals surface area contributed by atoms with E-state index >= 15 is 0 Å². The van der Waals surface area contributed by atoms with Gasteiger partial charge in [-0.3, -0.25) is 9.89 Å². The van der Waals surface area contributed by atoms with Gasteiger partial charge in [-0.05, 0) is 36.8 Å². The maximum absolute atomic E-state index is 13.1. The number of halogens is 3. The third kappa shape index (κ3) is 4.98. The summed E-state index contributed by atoms with van der Waals surface area (Å²) in [4.78, 5) is 27.9. The van der Waals surface area contributed by atoms with E-state index in [9.17, 15) is 22.8 Å². The van der Waals surface area contributed by atoms with Crippen molar-refractivity contribution in [3.63, 3.8) is 0 Å². The summed E-state index contributed by atoms with van der Waals surface area (Å²) in [7, 11) is 0. The summed E-state index contributed by atoms with van der Waals surface area (Å²) in [5.74, 6) is -0.00507. The van der Waals surface area contributed by atoms with Crippen LogP contribution in [0, 0.1) is 0 Å². The number of urea groups is 1. The van der Waals surface area contributed by atoms with Gasteiger partial charge in [0.15, 0.2) is 11.6 Å². The van der Waals surface area contributed by atoms with Gasteiger partial charge in [0.05, 0.1) is 5.56 Å². The molecule has 3 N–H and O–H groups in total. The molecular weight excluding hydrogens is 387 g/mol. The number of anilines is 1. The third-order valence-corrected chi connectivity index (χ3v) is 4.06. The number of amides is 2. The van der Waals surface area contributed by atoms with Gasteiger partial charge in [0.2, 0.25) is 0 Å². The van der Waals surface area contributed by atoms with E-state index < -0.39 is 23.8 Å². The fourth-order valence-corrected chi connectivity index (χ4v) is 2.67. The van der Waals surface area contributed by atoms with E-state index in [-0.39, 0.29) is 17.2 Å². The molecule has 1 atom stereocenters. The van der Waals surface area contributed by atoms with Crippen LogP contribution in [0.15, 0.2) is 54.9 Å². The number of alkyl halides is 3. The fourth-order valence-electron chi connectivity index (χ4n) is 2.67. The summed E-state index contributed by atoms with van der Waals surface area (Å²) >= 11 is 0. The highest BCUT2D eigenvalue weighted by Crippen LogP contribution is 2.31. The molecule has 0 radical (unpaired) electrons. The number of carbonyl (C=O) groups is 2. The molecule has 0 aliphatic rings. The van der Waals surface area contributed by atoms with E-state index in [4.69, 9.17) is 0 Å². The molecule has 0 aliphatic heterocycles.